The fourth-order valence-electron chi connectivity index (χ4n) is 0.526. The maximum absolute atomic E-state index is 4.00. The molecule has 0 bridgehead atoms. The van der Waals surface area contributed by atoms with Crippen molar-refractivity contribution in [3.63, 3.8) is 0 Å². The van der Waals surface area contributed by atoms with E-state index in [1.165, 1.54) is 11.4 Å². The van der Waals surface area contributed by atoms with Crippen molar-refractivity contribution in [2.75, 3.05) is 20.1 Å². The summed E-state index contributed by atoms with van der Waals surface area (Å²) >= 11 is 0. The topological polar surface area (TPSA) is 16.8 Å². The lowest BCUT2D eigenvalue weighted by atomic mass is 10.6. The molecule has 0 radical (unpaired) electrons. The average Bonchev–Trinajstić information content (AvgIpc) is 1.86. The van der Waals surface area contributed by atoms with E-state index in [0.29, 0.717) is 0 Å². The van der Waals surface area contributed by atoms with Gasteiger partial charge in [-0.05, 0) is 0 Å². The van der Waals surface area contributed by atoms with Gasteiger partial charge in [0.05, 0.1) is 13.6 Å². The van der Waals surface area contributed by atoms with Crippen LogP contribution < -0.4 is 21.9 Å². The molecule has 3 heteroatoms. The van der Waals surface area contributed by atoms with Crippen molar-refractivity contribution < 1.29 is 21.9 Å². The third-order valence-electron chi connectivity index (χ3n) is 0.947. The zero-order chi connectivity index (χ0) is 4.41. The van der Waals surface area contributed by atoms with E-state index in [4.69, 9.17) is 0 Å². The molecule has 1 unspecified atom stereocenters. The second kappa shape index (κ2) is 3.16. The molecule has 1 N–H and O–H groups in total. The first-order chi connectivity index (χ1) is 2.89. The minimum atomic E-state index is 0. The summed E-state index contributed by atoms with van der Waals surface area (Å²) in [5.41, 5.74) is 0. The van der Waals surface area contributed by atoms with Gasteiger partial charge < -0.3 is 17.0 Å². The van der Waals surface area contributed by atoms with Crippen molar-refractivity contribution in [1.82, 2.24) is 0 Å². The van der Waals surface area contributed by atoms with E-state index < -0.39 is 0 Å². The number of quaternary nitrogens is 1. The van der Waals surface area contributed by atoms with E-state index in [1.54, 1.807) is 0 Å². The molecule has 1 rings (SSSR count). The molecule has 0 aromatic rings. The highest BCUT2D eigenvalue weighted by Crippen LogP contribution is 1.62. The van der Waals surface area contributed by atoms with Crippen molar-refractivity contribution >= 4 is 6.34 Å². The molecule has 0 aliphatic carbocycles. The van der Waals surface area contributed by atoms with Crippen LogP contribution in [0.4, 0.5) is 0 Å². The number of nitrogens with one attached hydrogen (secondary N) is 1. The van der Waals surface area contributed by atoms with Gasteiger partial charge in [-0.2, -0.15) is 0 Å². The SMILES string of the molecule is C[NH+]1C=NCC1.[Br-]. The van der Waals surface area contributed by atoms with Crippen molar-refractivity contribution in [2.45, 2.75) is 0 Å². The standard InChI is InChI=1S/C4H8N2.BrH/c1-6-3-2-5-4-6;/h4H,2-3H2,1H3;1H. The monoisotopic (exact) mass is 164 g/mol. The number of aliphatic imine (C=N–C) groups is 1. The van der Waals surface area contributed by atoms with Gasteiger partial charge in [0.25, 0.3) is 0 Å². The third-order valence-corrected chi connectivity index (χ3v) is 0.947. The Bertz CT molecular complexity index is 72.1. The van der Waals surface area contributed by atoms with Gasteiger partial charge in [-0.3, -0.25) is 4.90 Å². The van der Waals surface area contributed by atoms with E-state index in [-0.39, 0.29) is 17.0 Å². The summed E-state index contributed by atoms with van der Waals surface area (Å²) in [5, 5.41) is 0. The zero-order valence-electron chi connectivity index (χ0n) is 4.32. The molecular formula is C4H9BrN2. The van der Waals surface area contributed by atoms with Gasteiger partial charge in [0.15, 0.2) is 6.34 Å². The summed E-state index contributed by atoms with van der Waals surface area (Å²) < 4.78 is 0. The van der Waals surface area contributed by atoms with Crippen LogP contribution in [-0.2, 0) is 0 Å². The molecule has 0 aromatic heterocycles. The summed E-state index contributed by atoms with van der Waals surface area (Å²) in [6.45, 7) is 2.20. The molecule has 2 nitrogen and oxygen atoms in total. The molecule has 42 valence electrons. The second-order valence-electron chi connectivity index (χ2n) is 1.63. The smallest absolute Gasteiger partial charge is 0.183 e. The summed E-state index contributed by atoms with van der Waals surface area (Å²) in [5.74, 6) is 0. The summed E-state index contributed by atoms with van der Waals surface area (Å²) in [6.07, 6.45) is 1.94. The first kappa shape index (κ1) is 7.11. The van der Waals surface area contributed by atoms with Crippen molar-refractivity contribution in [3.05, 3.63) is 0 Å². The van der Waals surface area contributed by atoms with E-state index in [2.05, 4.69) is 12.0 Å². The summed E-state index contributed by atoms with van der Waals surface area (Å²) in [7, 11) is 2.11. The van der Waals surface area contributed by atoms with Gasteiger partial charge in [0.1, 0.15) is 6.54 Å². The summed E-state index contributed by atoms with van der Waals surface area (Å²) in [4.78, 5) is 5.41. The normalized spacial score (nSPS) is 27.3. The van der Waals surface area contributed by atoms with Crippen LogP contribution in [0, 0.1) is 0 Å². The second-order valence-corrected chi connectivity index (χ2v) is 1.63. The summed E-state index contributed by atoms with van der Waals surface area (Å²) in [6, 6.07) is 0. The van der Waals surface area contributed by atoms with Crippen molar-refractivity contribution in [2.24, 2.45) is 4.99 Å². The molecule has 1 aliphatic rings. The predicted molar refractivity (Wildman–Crippen MR) is 25.1 cm³/mol. The Balaban J connectivity index is 0.000000360. The molecular weight excluding hydrogens is 156 g/mol. The highest BCUT2D eigenvalue weighted by Gasteiger charge is 2.00. The zero-order valence-corrected chi connectivity index (χ0v) is 5.90. The lowest BCUT2D eigenvalue weighted by Gasteiger charge is -1.92. The Labute approximate surface area is 54.0 Å². The number of hydrogen-bond donors (Lipinski definition) is 1. The van der Waals surface area contributed by atoms with Gasteiger partial charge in [0, 0.05) is 0 Å². The van der Waals surface area contributed by atoms with Gasteiger partial charge in [-0.1, -0.05) is 0 Å². The van der Waals surface area contributed by atoms with Gasteiger partial charge in [-0.15, -0.1) is 0 Å². The first-order valence-corrected chi connectivity index (χ1v) is 2.22. The quantitative estimate of drug-likeness (QED) is 0.373. The van der Waals surface area contributed by atoms with Crippen LogP contribution >= 0.6 is 0 Å². The third kappa shape index (κ3) is 2.04. The van der Waals surface area contributed by atoms with E-state index in [1.807, 2.05) is 6.34 Å². The lowest BCUT2D eigenvalue weighted by Crippen LogP contribution is -3.06. The van der Waals surface area contributed by atoms with Crippen LogP contribution in [0.1, 0.15) is 0 Å². The van der Waals surface area contributed by atoms with Crippen LogP contribution in [0.25, 0.3) is 0 Å². The van der Waals surface area contributed by atoms with E-state index >= 15 is 0 Å². The van der Waals surface area contributed by atoms with Crippen LogP contribution in [0.3, 0.4) is 0 Å². The minimum absolute atomic E-state index is 0. The lowest BCUT2D eigenvalue weighted by molar-refractivity contribution is -0.766. The van der Waals surface area contributed by atoms with E-state index in [0.717, 1.165) is 6.54 Å². The Morgan fingerprint density at radius 3 is 2.57 bits per heavy atom. The van der Waals surface area contributed by atoms with Crippen LogP contribution in [0.15, 0.2) is 4.99 Å². The maximum Gasteiger partial charge on any atom is 0.183 e. The number of nitrogens with zero attached hydrogens (tertiary/aromatic N) is 1. The molecule has 0 fully saturated rings. The fourth-order valence-corrected chi connectivity index (χ4v) is 0.526. The number of hydrogen-bond acceptors (Lipinski definition) is 1. The molecule has 1 heterocycles. The van der Waals surface area contributed by atoms with Crippen LogP contribution in [-0.4, -0.2) is 26.5 Å². The van der Waals surface area contributed by atoms with Crippen LogP contribution in [0.5, 0.6) is 0 Å². The molecule has 0 amide bonds. The Morgan fingerprint density at radius 1 is 1.71 bits per heavy atom. The van der Waals surface area contributed by atoms with Gasteiger partial charge >= 0.3 is 0 Å². The van der Waals surface area contributed by atoms with Crippen molar-refractivity contribution in [1.29, 1.82) is 0 Å². The average molecular weight is 165 g/mol. The van der Waals surface area contributed by atoms with E-state index in [9.17, 15) is 0 Å². The Hall–Kier alpha value is 0.110. The number of likely N-dealkylation sites (N-methyl/N-ethyl adjacent to an activating group) is 1. The highest BCUT2D eigenvalue weighted by atomic mass is 79.9. The number of halogens is 1. The minimum Gasteiger partial charge on any atom is -1.00 e. The molecule has 1 aliphatic heterocycles. The molecule has 0 aromatic carbocycles. The first-order valence-electron chi connectivity index (χ1n) is 2.22. The number of rotatable bonds is 0. The van der Waals surface area contributed by atoms with Crippen LogP contribution in [0.2, 0.25) is 0 Å². The Morgan fingerprint density at radius 2 is 2.43 bits per heavy atom. The molecule has 0 saturated carbocycles. The molecule has 1 atom stereocenters. The fraction of sp³-hybridized carbons (Fsp3) is 0.750. The molecule has 0 spiro atoms. The largest absolute Gasteiger partial charge is 1.00 e. The van der Waals surface area contributed by atoms with Gasteiger partial charge in [-0.25, -0.2) is 4.99 Å². The predicted octanol–water partition coefficient (Wildman–Crippen LogP) is -4.45. The Kier molecular flexibility index (Phi) is 3.21. The van der Waals surface area contributed by atoms with Gasteiger partial charge in [0.2, 0.25) is 0 Å². The molecule has 7 heavy (non-hydrogen) atoms. The maximum atomic E-state index is 4.00. The van der Waals surface area contributed by atoms with Crippen molar-refractivity contribution in [3.8, 4) is 0 Å². The highest BCUT2D eigenvalue weighted by molar-refractivity contribution is 5.44. The molecule has 0 saturated heterocycles.